The normalized spacial score (nSPS) is 14.8. The third-order valence-corrected chi connectivity index (χ3v) is 5.69. The number of hydrogen-bond donors (Lipinski definition) is 1. The van der Waals surface area contributed by atoms with Crippen LogP contribution in [-0.4, -0.2) is 74.5 Å². The molecule has 32 heavy (non-hydrogen) atoms. The Bertz CT molecular complexity index is 1150. The van der Waals surface area contributed by atoms with Crippen molar-refractivity contribution < 1.29 is 14.6 Å². The largest absolute Gasteiger partial charge is 0.453 e. The Kier molecular flexibility index (Phi) is 5.96. The van der Waals surface area contributed by atoms with Gasteiger partial charge in [0, 0.05) is 31.7 Å². The zero-order chi connectivity index (χ0) is 23.0. The zero-order valence-corrected chi connectivity index (χ0v) is 19.4. The van der Waals surface area contributed by atoms with Gasteiger partial charge in [0.1, 0.15) is 11.6 Å². The van der Waals surface area contributed by atoms with Gasteiger partial charge in [-0.3, -0.25) is 0 Å². The van der Waals surface area contributed by atoms with Crippen LogP contribution >= 0.6 is 11.6 Å². The van der Waals surface area contributed by atoms with Crippen molar-refractivity contribution in [2.45, 2.75) is 32.9 Å². The molecule has 2 aromatic heterocycles. The maximum atomic E-state index is 11.9. The molecule has 1 fully saturated rings. The summed E-state index contributed by atoms with van der Waals surface area (Å²) in [5.74, 6) is 1.94. The standard InChI is InChI=1S/C22H27ClN6O3/c1-14-24-19(27-9-11-28(12-10-27)21(30)32-4)17-20(25-14)29(13-22(2,3)31)18(26-17)15-7-5-6-8-16(15)23/h5-8,31H,9-13H2,1-4H3. The van der Waals surface area contributed by atoms with Crippen LogP contribution in [0.3, 0.4) is 0 Å². The Labute approximate surface area is 191 Å². The van der Waals surface area contributed by atoms with Crippen LogP contribution < -0.4 is 4.90 Å². The molecule has 0 aliphatic carbocycles. The molecule has 170 valence electrons. The maximum absolute atomic E-state index is 11.9. The average Bonchev–Trinajstić information content (AvgIpc) is 3.09. The molecule has 1 amide bonds. The van der Waals surface area contributed by atoms with Crippen molar-refractivity contribution in [3.63, 3.8) is 0 Å². The molecule has 9 nitrogen and oxygen atoms in total. The van der Waals surface area contributed by atoms with E-state index in [4.69, 9.17) is 26.3 Å². The van der Waals surface area contributed by atoms with Crippen LogP contribution in [0, 0.1) is 6.92 Å². The second kappa shape index (κ2) is 8.55. The molecule has 0 radical (unpaired) electrons. The number of amides is 1. The number of anilines is 1. The maximum Gasteiger partial charge on any atom is 0.409 e. The molecule has 1 aromatic carbocycles. The Hall–Kier alpha value is -2.91. The van der Waals surface area contributed by atoms with Crippen LogP contribution in [0.1, 0.15) is 19.7 Å². The van der Waals surface area contributed by atoms with E-state index in [0.29, 0.717) is 59.8 Å². The number of hydrogen-bond acceptors (Lipinski definition) is 7. The van der Waals surface area contributed by atoms with E-state index in [-0.39, 0.29) is 12.6 Å². The van der Waals surface area contributed by atoms with Crippen LogP contribution in [0.2, 0.25) is 5.02 Å². The van der Waals surface area contributed by atoms with Gasteiger partial charge in [-0.1, -0.05) is 23.7 Å². The van der Waals surface area contributed by atoms with E-state index >= 15 is 0 Å². The van der Waals surface area contributed by atoms with Crippen molar-refractivity contribution in [2.75, 3.05) is 38.2 Å². The number of methoxy groups -OCH3 is 1. The van der Waals surface area contributed by atoms with Gasteiger partial charge >= 0.3 is 6.09 Å². The predicted molar refractivity (Wildman–Crippen MR) is 123 cm³/mol. The molecule has 1 N–H and O–H groups in total. The monoisotopic (exact) mass is 458 g/mol. The number of fused-ring (bicyclic) bond motifs is 1. The van der Waals surface area contributed by atoms with Gasteiger partial charge in [0.05, 0.1) is 24.3 Å². The number of halogens is 1. The molecule has 10 heteroatoms. The number of nitrogens with zero attached hydrogens (tertiary/aromatic N) is 6. The third-order valence-electron chi connectivity index (χ3n) is 5.36. The lowest BCUT2D eigenvalue weighted by atomic mass is 10.1. The number of rotatable bonds is 4. The van der Waals surface area contributed by atoms with E-state index in [1.54, 1.807) is 18.7 Å². The van der Waals surface area contributed by atoms with Crippen molar-refractivity contribution in [1.82, 2.24) is 24.4 Å². The smallest absolute Gasteiger partial charge is 0.409 e. The van der Waals surface area contributed by atoms with Crippen LogP contribution in [-0.2, 0) is 11.3 Å². The van der Waals surface area contributed by atoms with Crippen molar-refractivity contribution in [3.05, 3.63) is 35.1 Å². The van der Waals surface area contributed by atoms with Gasteiger partial charge in [-0.05, 0) is 32.9 Å². The van der Waals surface area contributed by atoms with Crippen molar-refractivity contribution in [1.29, 1.82) is 0 Å². The lowest BCUT2D eigenvalue weighted by Crippen LogP contribution is -2.49. The van der Waals surface area contributed by atoms with Gasteiger partial charge < -0.3 is 24.2 Å². The number of carbonyl (C=O) groups is 1. The minimum atomic E-state index is -0.991. The Morgan fingerprint density at radius 3 is 2.47 bits per heavy atom. The summed E-state index contributed by atoms with van der Waals surface area (Å²) < 4.78 is 6.74. The SMILES string of the molecule is COC(=O)N1CCN(c2nc(C)nc3c2nc(-c2ccccc2Cl)n3CC(C)(C)O)CC1. The lowest BCUT2D eigenvalue weighted by molar-refractivity contribution is 0.0629. The highest BCUT2D eigenvalue weighted by atomic mass is 35.5. The zero-order valence-electron chi connectivity index (χ0n) is 18.7. The minimum Gasteiger partial charge on any atom is -0.453 e. The highest BCUT2D eigenvalue weighted by Gasteiger charge is 2.28. The molecule has 1 aliphatic rings. The van der Waals surface area contributed by atoms with Crippen molar-refractivity contribution in [2.24, 2.45) is 0 Å². The van der Waals surface area contributed by atoms with Crippen molar-refractivity contribution in [3.8, 4) is 11.4 Å². The number of carbonyl (C=O) groups excluding carboxylic acids is 1. The fraction of sp³-hybridized carbons (Fsp3) is 0.455. The summed E-state index contributed by atoms with van der Waals surface area (Å²) >= 11 is 6.50. The number of benzene rings is 1. The fourth-order valence-corrected chi connectivity index (χ4v) is 4.15. The van der Waals surface area contributed by atoms with Gasteiger partial charge in [-0.2, -0.15) is 0 Å². The molecule has 1 saturated heterocycles. The summed E-state index contributed by atoms with van der Waals surface area (Å²) in [5, 5.41) is 11.2. The van der Waals surface area contributed by atoms with Crippen LogP contribution in [0.5, 0.6) is 0 Å². The Morgan fingerprint density at radius 1 is 1.16 bits per heavy atom. The van der Waals surface area contributed by atoms with Gasteiger partial charge in [0.25, 0.3) is 0 Å². The van der Waals surface area contributed by atoms with Crippen LogP contribution in [0.15, 0.2) is 24.3 Å². The minimum absolute atomic E-state index is 0.288. The molecule has 0 atom stereocenters. The van der Waals surface area contributed by atoms with E-state index in [9.17, 15) is 9.90 Å². The average molecular weight is 459 g/mol. The highest BCUT2D eigenvalue weighted by molar-refractivity contribution is 6.33. The molecule has 0 unspecified atom stereocenters. The van der Waals surface area contributed by atoms with Crippen LogP contribution in [0.4, 0.5) is 10.6 Å². The molecular weight excluding hydrogens is 432 g/mol. The summed E-state index contributed by atoms with van der Waals surface area (Å²) in [4.78, 5) is 29.9. The first-order valence-corrected chi connectivity index (χ1v) is 10.9. The topological polar surface area (TPSA) is 96.6 Å². The second-order valence-corrected chi connectivity index (χ2v) is 8.93. The number of aliphatic hydroxyl groups is 1. The fourth-order valence-electron chi connectivity index (χ4n) is 3.93. The quantitative estimate of drug-likeness (QED) is 0.641. The van der Waals surface area contributed by atoms with E-state index in [0.717, 1.165) is 5.56 Å². The number of aryl methyl sites for hydroxylation is 1. The lowest BCUT2D eigenvalue weighted by Gasteiger charge is -2.34. The number of piperazine rings is 1. The van der Waals surface area contributed by atoms with Gasteiger partial charge in [-0.25, -0.2) is 19.7 Å². The molecule has 3 aromatic rings. The number of imidazole rings is 1. The van der Waals surface area contributed by atoms with E-state index < -0.39 is 5.60 Å². The Balaban J connectivity index is 1.83. The summed E-state index contributed by atoms with van der Waals surface area (Å²) in [6, 6.07) is 7.48. The summed E-state index contributed by atoms with van der Waals surface area (Å²) in [6.07, 6.45) is -0.330. The van der Waals surface area contributed by atoms with E-state index in [1.807, 2.05) is 35.8 Å². The predicted octanol–water partition coefficient (Wildman–Crippen LogP) is 3.11. The first-order chi connectivity index (χ1) is 15.2. The molecule has 0 spiro atoms. The third kappa shape index (κ3) is 4.35. The molecule has 3 heterocycles. The summed E-state index contributed by atoms with van der Waals surface area (Å²) in [5.41, 5.74) is 1.05. The summed E-state index contributed by atoms with van der Waals surface area (Å²) in [7, 11) is 1.39. The summed E-state index contributed by atoms with van der Waals surface area (Å²) in [6.45, 7) is 7.87. The first-order valence-electron chi connectivity index (χ1n) is 10.5. The second-order valence-electron chi connectivity index (χ2n) is 8.52. The molecule has 0 bridgehead atoms. The van der Waals surface area contributed by atoms with E-state index in [1.165, 1.54) is 7.11 Å². The van der Waals surface area contributed by atoms with Gasteiger partial charge in [0.2, 0.25) is 0 Å². The molecule has 1 aliphatic heterocycles. The molecular formula is C22H27ClN6O3. The number of ether oxygens (including phenoxy) is 1. The number of aromatic nitrogens is 4. The highest BCUT2D eigenvalue weighted by Crippen LogP contribution is 2.34. The molecule has 4 rings (SSSR count). The van der Waals surface area contributed by atoms with Gasteiger partial charge in [0.15, 0.2) is 17.0 Å². The van der Waals surface area contributed by atoms with Gasteiger partial charge in [-0.15, -0.1) is 0 Å². The molecule has 0 saturated carbocycles. The van der Waals surface area contributed by atoms with E-state index in [2.05, 4.69) is 9.88 Å². The first kappa shape index (κ1) is 22.3. The van der Waals surface area contributed by atoms with Crippen LogP contribution in [0.25, 0.3) is 22.6 Å². The van der Waals surface area contributed by atoms with Crippen molar-refractivity contribution >= 4 is 34.7 Å². The Morgan fingerprint density at radius 2 is 1.84 bits per heavy atom.